The smallest absolute Gasteiger partial charge is 0.328 e. The molecule has 1 aromatic rings. The quantitative estimate of drug-likeness (QED) is 0.362. The van der Waals surface area contributed by atoms with E-state index in [1.165, 1.54) is 0 Å². The third kappa shape index (κ3) is 4.31. The average Bonchev–Trinajstić information content (AvgIpc) is 2.30. The number of aliphatic carboxylic acids is 2. The van der Waals surface area contributed by atoms with Crippen LogP contribution in [0.2, 0.25) is 0 Å². The van der Waals surface area contributed by atoms with Gasteiger partial charge in [-0.3, -0.25) is 19.6 Å². The van der Waals surface area contributed by atoms with Gasteiger partial charge in [0.15, 0.2) is 4.77 Å². The summed E-state index contributed by atoms with van der Waals surface area (Å²) in [7, 11) is 0. The van der Waals surface area contributed by atoms with Crippen LogP contribution in [0.15, 0.2) is 9.79 Å². The molecule has 0 fully saturated rings. The molecule has 0 saturated carbocycles. The Labute approximate surface area is 116 Å². The molecule has 1 atom stereocenters. The van der Waals surface area contributed by atoms with Crippen LogP contribution >= 0.6 is 12.2 Å². The molecule has 0 aliphatic rings. The van der Waals surface area contributed by atoms with Gasteiger partial charge in [0, 0.05) is 12.6 Å². The van der Waals surface area contributed by atoms with Gasteiger partial charge >= 0.3 is 11.9 Å². The molecule has 20 heavy (non-hydrogen) atoms. The zero-order valence-corrected chi connectivity index (χ0v) is 10.8. The Morgan fingerprint density at radius 3 is 2.50 bits per heavy atom. The average molecular weight is 301 g/mol. The summed E-state index contributed by atoms with van der Waals surface area (Å²) in [5, 5.41) is 26.8. The molecule has 1 rings (SSSR count). The Hall–Kier alpha value is -2.49. The number of nitrogens with one attached hydrogen (secondary N) is 2. The Morgan fingerprint density at radius 1 is 1.35 bits per heavy atom. The molecule has 0 aliphatic carbocycles. The van der Waals surface area contributed by atoms with Gasteiger partial charge in [-0.2, -0.15) is 0 Å². The number of hydrogen-bond acceptors (Lipinski definition) is 6. The van der Waals surface area contributed by atoms with E-state index in [0.29, 0.717) is 0 Å². The zero-order valence-electron chi connectivity index (χ0n) is 9.99. The van der Waals surface area contributed by atoms with Crippen molar-refractivity contribution in [2.24, 2.45) is 4.99 Å². The number of nitrogens with zero attached hydrogens (tertiary/aromatic N) is 1. The summed E-state index contributed by atoms with van der Waals surface area (Å²) in [5.74, 6) is -3.04. The summed E-state index contributed by atoms with van der Waals surface area (Å²) in [4.78, 5) is 40.8. The Bertz CT molecular complexity index is 662. The van der Waals surface area contributed by atoms with Crippen LogP contribution in [0.3, 0.4) is 0 Å². The van der Waals surface area contributed by atoms with Crippen LogP contribution in [0, 0.1) is 4.77 Å². The van der Waals surface area contributed by atoms with Gasteiger partial charge in [0.05, 0.1) is 0 Å². The molecule has 0 bridgehead atoms. The first kappa shape index (κ1) is 15.6. The van der Waals surface area contributed by atoms with E-state index in [2.05, 4.69) is 27.2 Å². The Kier molecular flexibility index (Phi) is 5.15. The van der Waals surface area contributed by atoms with Gasteiger partial charge in [0.2, 0.25) is 5.88 Å². The summed E-state index contributed by atoms with van der Waals surface area (Å²) >= 11 is 4.62. The first-order valence-electron chi connectivity index (χ1n) is 5.34. The highest BCUT2D eigenvalue weighted by Crippen LogP contribution is 2.07. The lowest BCUT2D eigenvalue weighted by atomic mass is 10.1. The number of hydrogen-bond donors (Lipinski definition) is 5. The second-order valence-corrected chi connectivity index (χ2v) is 4.14. The van der Waals surface area contributed by atoms with E-state index in [1.54, 1.807) is 0 Å². The second kappa shape index (κ2) is 6.61. The van der Waals surface area contributed by atoms with Crippen molar-refractivity contribution >= 4 is 30.4 Å². The molecular formula is C10H11N3O6S. The van der Waals surface area contributed by atoms with Crippen molar-refractivity contribution in [3.63, 3.8) is 0 Å². The van der Waals surface area contributed by atoms with E-state index in [9.17, 15) is 19.5 Å². The molecule has 1 unspecified atom stereocenters. The largest absolute Gasteiger partial charge is 0.494 e. The van der Waals surface area contributed by atoms with Crippen LogP contribution < -0.4 is 5.56 Å². The SMILES string of the molecule is O=C(O)CCC(N=Cc1c(O)[nH]c(=S)[nH]c1=O)C(=O)O. The molecule has 0 spiro atoms. The molecular weight excluding hydrogens is 290 g/mol. The fourth-order valence-corrected chi connectivity index (χ4v) is 1.48. The van der Waals surface area contributed by atoms with Gasteiger partial charge in [-0.1, -0.05) is 0 Å². The number of carbonyl (C=O) groups is 2. The van der Waals surface area contributed by atoms with Crippen molar-refractivity contribution in [2.45, 2.75) is 18.9 Å². The van der Waals surface area contributed by atoms with Gasteiger partial charge < -0.3 is 20.3 Å². The summed E-state index contributed by atoms with van der Waals surface area (Å²) in [6.07, 6.45) is 0.247. The third-order valence-electron chi connectivity index (χ3n) is 2.26. The van der Waals surface area contributed by atoms with Crippen LogP contribution in [0.5, 0.6) is 5.88 Å². The van der Waals surface area contributed by atoms with Crippen molar-refractivity contribution in [1.29, 1.82) is 0 Å². The van der Waals surface area contributed by atoms with Crippen LogP contribution in [0.1, 0.15) is 18.4 Å². The first-order chi connectivity index (χ1) is 9.31. The monoisotopic (exact) mass is 301 g/mol. The number of aromatic nitrogens is 2. The molecule has 0 aliphatic heterocycles. The minimum atomic E-state index is -1.33. The summed E-state index contributed by atoms with van der Waals surface area (Å²) in [6, 6.07) is -1.33. The van der Waals surface area contributed by atoms with Gasteiger partial charge in [0.25, 0.3) is 5.56 Å². The number of carboxylic acids is 2. The number of aromatic amines is 2. The molecule has 108 valence electrons. The predicted octanol–water partition coefficient (Wildman–Crippen LogP) is -0.125. The second-order valence-electron chi connectivity index (χ2n) is 3.74. The van der Waals surface area contributed by atoms with Crippen molar-refractivity contribution < 1.29 is 24.9 Å². The molecule has 10 heteroatoms. The van der Waals surface area contributed by atoms with Crippen molar-refractivity contribution in [2.75, 3.05) is 0 Å². The Morgan fingerprint density at radius 2 is 2.00 bits per heavy atom. The lowest BCUT2D eigenvalue weighted by Gasteiger charge is -2.05. The topological polar surface area (TPSA) is 156 Å². The van der Waals surface area contributed by atoms with Gasteiger partial charge in [-0.15, -0.1) is 0 Å². The number of carboxylic acid groups (broad SMARTS) is 2. The van der Waals surface area contributed by atoms with E-state index >= 15 is 0 Å². The standard InChI is InChI=1S/C10H11N3O6S/c14-6(15)2-1-5(9(18)19)11-3-4-7(16)12-10(20)13-8(4)17/h3,5H,1-2H2,(H,14,15)(H,18,19)(H3,12,13,16,17,20). The highest BCUT2D eigenvalue weighted by atomic mass is 32.1. The molecule has 0 aromatic carbocycles. The molecule has 1 aromatic heterocycles. The predicted molar refractivity (Wildman–Crippen MR) is 69.8 cm³/mol. The number of aromatic hydroxyl groups is 1. The lowest BCUT2D eigenvalue weighted by molar-refractivity contribution is -0.139. The summed E-state index contributed by atoms with van der Waals surface area (Å²) < 4.78 is -0.0923. The maximum atomic E-state index is 11.5. The van der Waals surface area contributed by atoms with Crippen molar-refractivity contribution in [3.8, 4) is 5.88 Å². The van der Waals surface area contributed by atoms with E-state index in [4.69, 9.17) is 10.2 Å². The van der Waals surface area contributed by atoms with E-state index in [1.807, 2.05) is 0 Å². The highest BCUT2D eigenvalue weighted by molar-refractivity contribution is 7.71. The number of rotatable bonds is 6. The fourth-order valence-electron chi connectivity index (χ4n) is 1.29. The normalized spacial score (nSPS) is 12.4. The van der Waals surface area contributed by atoms with Crippen molar-refractivity contribution in [3.05, 3.63) is 20.7 Å². The maximum absolute atomic E-state index is 11.5. The summed E-state index contributed by atoms with van der Waals surface area (Å²) in [5.41, 5.74) is -1.03. The fraction of sp³-hybridized carbons (Fsp3) is 0.300. The third-order valence-corrected chi connectivity index (χ3v) is 2.46. The number of H-pyrrole nitrogens is 2. The number of aliphatic imine (C=N–C) groups is 1. The van der Waals surface area contributed by atoms with Crippen LogP contribution in [0.25, 0.3) is 0 Å². The van der Waals surface area contributed by atoms with Crippen LogP contribution in [-0.4, -0.2) is 49.5 Å². The maximum Gasteiger partial charge on any atom is 0.328 e. The van der Waals surface area contributed by atoms with E-state index in [0.717, 1.165) is 6.21 Å². The van der Waals surface area contributed by atoms with Gasteiger partial charge in [0.1, 0.15) is 11.6 Å². The molecule has 0 radical (unpaired) electrons. The van der Waals surface area contributed by atoms with Gasteiger partial charge in [-0.25, -0.2) is 4.79 Å². The Balaban J connectivity index is 2.99. The van der Waals surface area contributed by atoms with Gasteiger partial charge in [-0.05, 0) is 18.6 Å². The summed E-state index contributed by atoms with van der Waals surface area (Å²) in [6.45, 7) is 0. The molecule has 9 nitrogen and oxygen atoms in total. The highest BCUT2D eigenvalue weighted by Gasteiger charge is 2.17. The molecule has 0 saturated heterocycles. The van der Waals surface area contributed by atoms with E-state index < -0.39 is 29.4 Å². The lowest BCUT2D eigenvalue weighted by Crippen LogP contribution is -2.21. The molecule has 0 amide bonds. The van der Waals surface area contributed by atoms with Crippen molar-refractivity contribution in [1.82, 2.24) is 9.97 Å². The van der Waals surface area contributed by atoms with Crippen LogP contribution in [0.4, 0.5) is 0 Å². The van der Waals surface area contributed by atoms with E-state index in [-0.39, 0.29) is 23.2 Å². The first-order valence-corrected chi connectivity index (χ1v) is 5.75. The minimum absolute atomic E-state index is 0.0923. The molecule has 5 N–H and O–H groups in total. The molecule has 1 heterocycles. The zero-order chi connectivity index (χ0) is 15.3. The minimum Gasteiger partial charge on any atom is -0.494 e. The van der Waals surface area contributed by atoms with Crippen LogP contribution in [-0.2, 0) is 9.59 Å².